The van der Waals surface area contributed by atoms with Crippen LogP contribution in [0.3, 0.4) is 0 Å². The van der Waals surface area contributed by atoms with Crippen molar-refractivity contribution in [2.24, 2.45) is 5.92 Å². The number of hydrogen-bond donors (Lipinski definition) is 0. The molecular weight excluding hydrogens is 240 g/mol. The Labute approximate surface area is 113 Å². The van der Waals surface area contributed by atoms with E-state index in [0.29, 0.717) is 5.92 Å². The van der Waals surface area contributed by atoms with Crippen LogP contribution in [-0.4, -0.2) is 8.32 Å². The maximum Gasteiger partial charge on any atom is 0.274 e. The minimum absolute atomic E-state index is 0.197. The van der Waals surface area contributed by atoms with Crippen molar-refractivity contribution in [3.63, 3.8) is 0 Å². The summed E-state index contributed by atoms with van der Waals surface area (Å²) in [5, 5.41) is 0.197. The number of furan rings is 1. The summed E-state index contributed by atoms with van der Waals surface area (Å²) in [5.41, 5.74) is 1.22. The lowest BCUT2D eigenvalue weighted by Crippen LogP contribution is -2.44. The highest BCUT2D eigenvalue weighted by Crippen LogP contribution is 2.39. The maximum absolute atomic E-state index is 6.29. The van der Waals surface area contributed by atoms with Crippen molar-refractivity contribution in [2.45, 2.75) is 66.1 Å². The third kappa shape index (κ3) is 3.64. The Morgan fingerprint density at radius 1 is 1.28 bits per heavy atom. The van der Waals surface area contributed by atoms with E-state index in [9.17, 15) is 0 Å². The zero-order valence-corrected chi connectivity index (χ0v) is 14.2. The van der Waals surface area contributed by atoms with Crippen LogP contribution in [0.4, 0.5) is 0 Å². The van der Waals surface area contributed by atoms with Gasteiger partial charge in [-0.2, -0.15) is 0 Å². The molecule has 0 aromatic carbocycles. The molecule has 1 heterocycles. The first-order valence-corrected chi connectivity index (χ1v) is 9.72. The standard InChI is InChI=1S/C15H28O2Si/c1-11(2)9-13-10-12(3)16-14(13)17-18(7,8)15(4,5)6/h10-11H,9H2,1-8H3. The fourth-order valence-corrected chi connectivity index (χ4v) is 2.54. The number of aryl methyl sites for hydroxylation is 1. The molecule has 1 aromatic heterocycles. The molecule has 0 aliphatic heterocycles. The Hall–Kier alpha value is -0.703. The highest BCUT2D eigenvalue weighted by Gasteiger charge is 2.40. The summed E-state index contributed by atoms with van der Waals surface area (Å²) in [6.07, 6.45) is 1.02. The van der Waals surface area contributed by atoms with Crippen molar-refractivity contribution in [3.05, 3.63) is 17.4 Å². The van der Waals surface area contributed by atoms with E-state index in [2.05, 4.69) is 53.8 Å². The second-order valence-corrected chi connectivity index (χ2v) is 11.9. The molecule has 0 bridgehead atoms. The summed E-state index contributed by atoms with van der Waals surface area (Å²) >= 11 is 0. The quantitative estimate of drug-likeness (QED) is 0.703. The van der Waals surface area contributed by atoms with Crippen molar-refractivity contribution in [3.8, 4) is 5.95 Å². The van der Waals surface area contributed by atoms with Gasteiger partial charge in [-0.1, -0.05) is 34.6 Å². The van der Waals surface area contributed by atoms with E-state index in [0.717, 1.165) is 18.1 Å². The van der Waals surface area contributed by atoms with Gasteiger partial charge in [-0.05, 0) is 43.5 Å². The molecule has 0 aliphatic carbocycles. The number of hydrogen-bond acceptors (Lipinski definition) is 2. The van der Waals surface area contributed by atoms with Gasteiger partial charge in [-0.25, -0.2) is 0 Å². The first kappa shape index (κ1) is 15.4. The second-order valence-electron chi connectivity index (χ2n) is 7.13. The van der Waals surface area contributed by atoms with Crippen molar-refractivity contribution >= 4 is 8.32 Å². The Balaban J connectivity index is 2.97. The Morgan fingerprint density at radius 3 is 2.28 bits per heavy atom. The molecule has 1 aromatic rings. The second kappa shape index (κ2) is 5.12. The first-order chi connectivity index (χ1) is 8.03. The van der Waals surface area contributed by atoms with Crippen molar-refractivity contribution < 1.29 is 8.84 Å². The molecule has 104 valence electrons. The van der Waals surface area contributed by atoms with E-state index in [-0.39, 0.29) is 5.04 Å². The predicted molar refractivity (Wildman–Crippen MR) is 79.8 cm³/mol. The van der Waals surface area contributed by atoms with Gasteiger partial charge in [0.2, 0.25) is 0 Å². The van der Waals surface area contributed by atoms with Crippen LogP contribution in [0.15, 0.2) is 10.5 Å². The summed E-state index contributed by atoms with van der Waals surface area (Å²) in [6, 6.07) is 2.11. The molecule has 0 N–H and O–H groups in total. The van der Waals surface area contributed by atoms with Gasteiger partial charge in [0.05, 0.1) is 0 Å². The van der Waals surface area contributed by atoms with E-state index in [1.165, 1.54) is 5.56 Å². The van der Waals surface area contributed by atoms with Crippen LogP contribution < -0.4 is 4.43 Å². The van der Waals surface area contributed by atoms with Crippen LogP contribution in [-0.2, 0) is 6.42 Å². The average molecular weight is 268 g/mol. The lowest BCUT2D eigenvalue weighted by molar-refractivity contribution is 0.351. The summed E-state index contributed by atoms with van der Waals surface area (Å²) in [4.78, 5) is 0. The zero-order valence-electron chi connectivity index (χ0n) is 13.2. The van der Waals surface area contributed by atoms with E-state index in [1.54, 1.807) is 0 Å². The van der Waals surface area contributed by atoms with Gasteiger partial charge in [0, 0.05) is 5.56 Å². The summed E-state index contributed by atoms with van der Waals surface area (Å²) in [6.45, 7) is 17.7. The summed E-state index contributed by atoms with van der Waals surface area (Å²) in [5.74, 6) is 2.32. The molecule has 0 spiro atoms. The van der Waals surface area contributed by atoms with Gasteiger partial charge in [0.25, 0.3) is 14.3 Å². The highest BCUT2D eigenvalue weighted by atomic mass is 28.4. The van der Waals surface area contributed by atoms with Gasteiger partial charge < -0.3 is 8.84 Å². The molecule has 1 rings (SSSR count). The minimum Gasteiger partial charge on any atom is -0.518 e. The molecule has 0 saturated heterocycles. The lowest BCUT2D eigenvalue weighted by atomic mass is 10.1. The normalized spacial score (nSPS) is 13.2. The molecule has 0 amide bonds. The van der Waals surface area contributed by atoms with Crippen molar-refractivity contribution in [1.29, 1.82) is 0 Å². The van der Waals surface area contributed by atoms with Crippen LogP contribution in [0.1, 0.15) is 45.9 Å². The van der Waals surface area contributed by atoms with Crippen LogP contribution in [0.25, 0.3) is 0 Å². The fraction of sp³-hybridized carbons (Fsp3) is 0.733. The molecule has 2 nitrogen and oxygen atoms in total. The highest BCUT2D eigenvalue weighted by molar-refractivity contribution is 6.74. The van der Waals surface area contributed by atoms with Crippen LogP contribution in [0.2, 0.25) is 18.1 Å². The molecule has 0 atom stereocenters. The Bertz CT molecular complexity index is 397. The topological polar surface area (TPSA) is 22.4 Å². The molecule has 0 aliphatic rings. The fourth-order valence-electron chi connectivity index (χ4n) is 1.60. The molecule has 0 fully saturated rings. The van der Waals surface area contributed by atoms with Gasteiger partial charge in [0.1, 0.15) is 5.76 Å². The van der Waals surface area contributed by atoms with E-state index in [4.69, 9.17) is 8.84 Å². The molecule has 0 saturated carbocycles. The van der Waals surface area contributed by atoms with E-state index >= 15 is 0 Å². The van der Waals surface area contributed by atoms with Crippen LogP contribution in [0.5, 0.6) is 5.95 Å². The van der Waals surface area contributed by atoms with Crippen molar-refractivity contribution in [2.75, 3.05) is 0 Å². The maximum atomic E-state index is 6.29. The summed E-state index contributed by atoms with van der Waals surface area (Å²) < 4.78 is 12.1. The lowest BCUT2D eigenvalue weighted by Gasteiger charge is -2.35. The molecule has 18 heavy (non-hydrogen) atoms. The smallest absolute Gasteiger partial charge is 0.274 e. The molecule has 3 heteroatoms. The SMILES string of the molecule is Cc1cc(CC(C)C)c(O[Si](C)(C)C(C)(C)C)o1. The third-order valence-corrected chi connectivity index (χ3v) is 7.98. The Morgan fingerprint density at radius 2 is 1.83 bits per heavy atom. The Kier molecular flexibility index (Phi) is 4.37. The predicted octanol–water partition coefficient (Wildman–Crippen LogP) is 5.17. The third-order valence-electron chi connectivity index (χ3n) is 3.68. The average Bonchev–Trinajstić information content (AvgIpc) is 2.42. The zero-order chi connectivity index (χ0) is 14.1. The van der Waals surface area contributed by atoms with Gasteiger partial charge in [-0.15, -0.1) is 0 Å². The first-order valence-electron chi connectivity index (χ1n) is 6.81. The largest absolute Gasteiger partial charge is 0.518 e. The van der Waals surface area contributed by atoms with Gasteiger partial charge in [0.15, 0.2) is 0 Å². The van der Waals surface area contributed by atoms with Crippen molar-refractivity contribution in [1.82, 2.24) is 0 Å². The number of rotatable bonds is 4. The summed E-state index contributed by atoms with van der Waals surface area (Å²) in [7, 11) is -1.81. The van der Waals surface area contributed by atoms with Crippen LogP contribution >= 0.6 is 0 Å². The van der Waals surface area contributed by atoms with Crippen LogP contribution in [0, 0.1) is 12.8 Å². The van der Waals surface area contributed by atoms with Gasteiger partial charge >= 0.3 is 0 Å². The van der Waals surface area contributed by atoms with E-state index in [1.807, 2.05) is 6.92 Å². The molecule has 0 radical (unpaired) electrons. The van der Waals surface area contributed by atoms with E-state index < -0.39 is 8.32 Å². The molecular formula is C15H28O2Si. The minimum atomic E-state index is -1.81. The molecule has 0 unspecified atom stereocenters. The van der Waals surface area contributed by atoms with Gasteiger partial charge in [-0.3, -0.25) is 0 Å². The monoisotopic (exact) mass is 268 g/mol.